The molecular formula is C18H21N7O3. The molecule has 5 rings (SSSR count). The number of nitrogens with one attached hydrogen (secondary N) is 4. The highest BCUT2D eigenvalue weighted by molar-refractivity contribution is 6.14. The monoisotopic (exact) mass is 383 g/mol. The number of nitrogens with zero attached hydrogens (tertiary/aromatic N) is 3. The first-order valence-corrected chi connectivity index (χ1v) is 9.49. The lowest BCUT2D eigenvalue weighted by atomic mass is 10.1. The van der Waals surface area contributed by atoms with Crippen molar-refractivity contribution in [2.24, 2.45) is 0 Å². The number of urea groups is 1. The maximum absolute atomic E-state index is 11.9. The Hall–Kier alpha value is -3.14. The number of rotatable bonds is 5. The van der Waals surface area contributed by atoms with E-state index in [-0.39, 0.29) is 5.70 Å². The Morgan fingerprint density at radius 3 is 2.61 bits per heavy atom. The molecule has 10 heteroatoms. The van der Waals surface area contributed by atoms with Gasteiger partial charge in [-0.3, -0.25) is 10.1 Å². The van der Waals surface area contributed by atoms with Gasteiger partial charge in [0, 0.05) is 36.9 Å². The van der Waals surface area contributed by atoms with E-state index in [0.29, 0.717) is 23.3 Å². The van der Waals surface area contributed by atoms with Crippen LogP contribution in [0.4, 0.5) is 16.4 Å². The molecule has 0 bridgehead atoms. The minimum Gasteiger partial charge on any atom is -0.381 e. The molecule has 28 heavy (non-hydrogen) atoms. The number of ether oxygens (including phenoxy) is 1. The highest BCUT2D eigenvalue weighted by Gasteiger charge is 2.25. The fourth-order valence-electron chi connectivity index (χ4n) is 3.38. The Bertz CT molecular complexity index is 973. The van der Waals surface area contributed by atoms with Gasteiger partial charge in [-0.25, -0.2) is 9.78 Å². The molecule has 4 N–H and O–H groups in total. The summed E-state index contributed by atoms with van der Waals surface area (Å²) in [5.74, 6) is 1.14. The van der Waals surface area contributed by atoms with E-state index in [1.165, 1.54) is 0 Å². The van der Waals surface area contributed by atoms with Gasteiger partial charge in [-0.1, -0.05) is 0 Å². The maximum Gasteiger partial charge on any atom is 0.326 e. The highest BCUT2D eigenvalue weighted by Crippen LogP contribution is 2.28. The number of imide groups is 1. The van der Waals surface area contributed by atoms with Crippen LogP contribution in [0.1, 0.15) is 31.2 Å². The molecule has 0 atom stereocenters. The zero-order valence-electron chi connectivity index (χ0n) is 15.2. The second-order valence-electron chi connectivity index (χ2n) is 7.28. The Labute approximate surface area is 160 Å². The van der Waals surface area contributed by atoms with E-state index in [1.807, 2.05) is 6.07 Å². The number of anilines is 2. The first-order valence-electron chi connectivity index (χ1n) is 9.49. The van der Waals surface area contributed by atoms with Gasteiger partial charge in [0.05, 0.1) is 6.20 Å². The van der Waals surface area contributed by atoms with Crippen LogP contribution in [0.15, 0.2) is 18.0 Å². The SMILES string of the molecule is O=C1NC(=O)/C(=C/c2cnn3c(NC4CC4)cc(NC4CCOCC4)nc23)N1. The standard InChI is InChI=1S/C18H21N7O3/c26-17-13(22-18(27)24-17)7-10-9-19-25-15(21-11-1-2-11)8-14(23-16(10)25)20-12-3-5-28-6-4-12/h7-9,11-12,21H,1-6H2,(H,20,23)(H2,22,24,26,27)/b13-7-. The summed E-state index contributed by atoms with van der Waals surface area (Å²) in [6.07, 6.45) is 7.37. The van der Waals surface area contributed by atoms with Crippen molar-refractivity contribution in [3.05, 3.63) is 23.5 Å². The highest BCUT2D eigenvalue weighted by atomic mass is 16.5. The molecule has 3 aliphatic rings. The topological polar surface area (TPSA) is 122 Å². The molecule has 0 radical (unpaired) electrons. The Morgan fingerprint density at radius 1 is 1.11 bits per heavy atom. The van der Waals surface area contributed by atoms with E-state index >= 15 is 0 Å². The van der Waals surface area contributed by atoms with Gasteiger partial charge < -0.3 is 20.7 Å². The Kier molecular flexibility index (Phi) is 4.12. The van der Waals surface area contributed by atoms with Crippen molar-refractivity contribution in [2.75, 3.05) is 23.8 Å². The Balaban J connectivity index is 1.52. The molecule has 0 spiro atoms. The lowest BCUT2D eigenvalue weighted by Gasteiger charge is -2.24. The van der Waals surface area contributed by atoms with Gasteiger partial charge in [-0.05, 0) is 31.8 Å². The van der Waals surface area contributed by atoms with Crippen molar-refractivity contribution >= 4 is 35.3 Å². The second kappa shape index (κ2) is 6.79. The Morgan fingerprint density at radius 2 is 1.89 bits per heavy atom. The van der Waals surface area contributed by atoms with Gasteiger partial charge in [0.1, 0.15) is 17.3 Å². The first-order chi connectivity index (χ1) is 13.7. The molecule has 0 aromatic carbocycles. The third-order valence-electron chi connectivity index (χ3n) is 5.02. The molecule has 1 saturated carbocycles. The van der Waals surface area contributed by atoms with Crippen LogP contribution in [-0.4, -0.2) is 51.8 Å². The molecular weight excluding hydrogens is 362 g/mol. The van der Waals surface area contributed by atoms with E-state index in [2.05, 4.69) is 26.4 Å². The minimum absolute atomic E-state index is 0.182. The molecule has 2 aliphatic heterocycles. The lowest BCUT2D eigenvalue weighted by molar-refractivity contribution is -0.115. The van der Waals surface area contributed by atoms with Gasteiger partial charge in [-0.2, -0.15) is 9.61 Å². The van der Waals surface area contributed by atoms with Crippen molar-refractivity contribution in [1.82, 2.24) is 25.2 Å². The molecule has 2 aromatic heterocycles. The molecule has 3 amide bonds. The predicted octanol–water partition coefficient (Wildman–Crippen LogP) is 1.07. The van der Waals surface area contributed by atoms with E-state index < -0.39 is 11.9 Å². The minimum atomic E-state index is -0.529. The molecule has 10 nitrogen and oxygen atoms in total. The van der Waals surface area contributed by atoms with Gasteiger partial charge in [0.25, 0.3) is 5.91 Å². The molecule has 3 fully saturated rings. The quantitative estimate of drug-likeness (QED) is 0.450. The largest absolute Gasteiger partial charge is 0.381 e. The summed E-state index contributed by atoms with van der Waals surface area (Å²) in [5.41, 5.74) is 1.45. The summed E-state index contributed by atoms with van der Waals surface area (Å²) < 4.78 is 7.16. The van der Waals surface area contributed by atoms with Crippen LogP contribution in [0, 0.1) is 0 Å². The van der Waals surface area contributed by atoms with Gasteiger partial charge >= 0.3 is 6.03 Å². The fraction of sp³-hybridized carbons (Fsp3) is 0.444. The number of amides is 3. The summed E-state index contributed by atoms with van der Waals surface area (Å²) in [6, 6.07) is 2.20. The predicted molar refractivity (Wildman–Crippen MR) is 102 cm³/mol. The van der Waals surface area contributed by atoms with Gasteiger partial charge in [0.2, 0.25) is 0 Å². The first kappa shape index (κ1) is 17.0. The third kappa shape index (κ3) is 3.38. The lowest BCUT2D eigenvalue weighted by Crippen LogP contribution is -2.28. The molecule has 1 aliphatic carbocycles. The average Bonchev–Trinajstić information content (AvgIpc) is 3.32. The summed E-state index contributed by atoms with van der Waals surface area (Å²) in [6.45, 7) is 1.48. The summed E-state index contributed by atoms with van der Waals surface area (Å²) in [4.78, 5) is 27.9. The third-order valence-corrected chi connectivity index (χ3v) is 5.02. The van der Waals surface area contributed by atoms with Crippen molar-refractivity contribution in [1.29, 1.82) is 0 Å². The van der Waals surface area contributed by atoms with E-state index in [1.54, 1.807) is 16.8 Å². The van der Waals surface area contributed by atoms with Crippen LogP contribution in [0.3, 0.4) is 0 Å². The normalized spacial score (nSPS) is 21.8. The van der Waals surface area contributed by atoms with Gasteiger partial charge in [-0.15, -0.1) is 0 Å². The summed E-state index contributed by atoms with van der Waals surface area (Å²) in [5, 5.41) is 16.1. The van der Waals surface area contributed by atoms with Gasteiger partial charge in [0.15, 0.2) is 5.65 Å². The summed E-state index contributed by atoms with van der Waals surface area (Å²) >= 11 is 0. The molecule has 2 saturated heterocycles. The van der Waals surface area contributed by atoms with Crippen molar-refractivity contribution < 1.29 is 14.3 Å². The number of hydrogen-bond acceptors (Lipinski definition) is 7. The number of fused-ring (bicyclic) bond motifs is 1. The van der Waals surface area contributed by atoms with Crippen molar-refractivity contribution in [2.45, 2.75) is 37.8 Å². The van der Waals surface area contributed by atoms with Crippen molar-refractivity contribution in [3.8, 4) is 0 Å². The van der Waals surface area contributed by atoms with Crippen LogP contribution in [0.2, 0.25) is 0 Å². The van der Waals surface area contributed by atoms with E-state index in [0.717, 1.165) is 50.5 Å². The second-order valence-corrected chi connectivity index (χ2v) is 7.28. The number of carbonyl (C=O) groups excluding carboxylic acids is 2. The average molecular weight is 383 g/mol. The van der Waals surface area contributed by atoms with E-state index in [4.69, 9.17) is 9.72 Å². The van der Waals surface area contributed by atoms with Crippen LogP contribution >= 0.6 is 0 Å². The smallest absolute Gasteiger partial charge is 0.326 e. The number of hydrogen-bond donors (Lipinski definition) is 4. The number of aromatic nitrogens is 3. The van der Waals surface area contributed by atoms with Crippen LogP contribution < -0.4 is 21.3 Å². The van der Waals surface area contributed by atoms with Crippen molar-refractivity contribution in [3.63, 3.8) is 0 Å². The number of carbonyl (C=O) groups is 2. The summed E-state index contributed by atoms with van der Waals surface area (Å²) in [7, 11) is 0. The molecule has 146 valence electrons. The molecule has 4 heterocycles. The zero-order valence-corrected chi connectivity index (χ0v) is 15.2. The maximum atomic E-state index is 11.9. The molecule has 0 unspecified atom stereocenters. The zero-order chi connectivity index (χ0) is 19.1. The fourth-order valence-corrected chi connectivity index (χ4v) is 3.38. The van der Waals surface area contributed by atoms with Crippen LogP contribution in [-0.2, 0) is 9.53 Å². The van der Waals surface area contributed by atoms with Crippen LogP contribution in [0.5, 0.6) is 0 Å². The van der Waals surface area contributed by atoms with Crippen LogP contribution in [0.25, 0.3) is 11.7 Å². The molecule has 2 aromatic rings. The van der Waals surface area contributed by atoms with E-state index in [9.17, 15) is 9.59 Å².